The Morgan fingerprint density at radius 1 is 1.03 bits per heavy atom. The highest BCUT2D eigenvalue weighted by Gasteiger charge is 2.18. The Morgan fingerprint density at radius 2 is 1.79 bits per heavy atom. The zero-order valence-corrected chi connectivity index (χ0v) is 19.0. The fraction of sp³-hybridized carbons (Fsp3) is 0.259. The summed E-state index contributed by atoms with van der Waals surface area (Å²) in [7, 11) is 0. The van der Waals surface area contributed by atoms with E-state index in [4.69, 9.17) is 9.47 Å². The largest absolute Gasteiger partial charge is 0.462 e. The summed E-state index contributed by atoms with van der Waals surface area (Å²) in [5.41, 5.74) is 3.48. The third-order valence-corrected chi connectivity index (χ3v) is 5.69. The second-order valence-electron chi connectivity index (χ2n) is 7.93. The Labute approximate surface area is 193 Å². The van der Waals surface area contributed by atoms with Crippen LogP contribution in [0.15, 0.2) is 66.7 Å². The minimum absolute atomic E-state index is 0.259. The summed E-state index contributed by atoms with van der Waals surface area (Å²) in [6, 6.07) is 19.7. The van der Waals surface area contributed by atoms with E-state index < -0.39 is 5.97 Å². The number of benzene rings is 3. The fourth-order valence-electron chi connectivity index (χ4n) is 3.92. The van der Waals surface area contributed by atoms with E-state index in [1.54, 1.807) is 25.1 Å². The molecule has 33 heavy (non-hydrogen) atoms. The summed E-state index contributed by atoms with van der Waals surface area (Å²) in [6.07, 6.45) is 1.55. The van der Waals surface area contributed by atoms with Gasteiger partial charge < -0.3 is 19.7 Å². The lowest BCUT2D eigenvalue weighted by Crippen LogP contribution is -2.36. The Morgan fingerprint density at radius 3 is 2.55 bits per heavy atom. The van der Waals surface area contributed by atoms with E-state index in [1.807, 2.05) is 43.3 Å². The van der Waals surface area contributed by atoms with Gasteiger partial charge in [0, 0.05) is 24.9 Å². The normalized spacial score (nSPS) is 14.2. The molecule has 6 nitrogen and oxygen atoms in total. The van der Waals surface area contributed by atoms with Crippen molar-refractivity contribution < 1.29 is 19.1 Å². The van der Waals surface area contributed by atoms with Crippen LogP contribution in [0.5, 0.6) is 0 Å². The smallest absolute Gasteiger partial charge is 0.340 e. The maximum absolute atomic E-state index is 12.8. The van der Waals surface area contributed by atoms with Crippen LogP contribution < -0.4 is 10.2 Å². The van der Waals surface area contributed by atoms with Crippen molar-refractivity contribution >= 4 is 39.6 Å². The SMILES string of the molecule is CCOC(=O)c1cc(N2CCOCC2)ccc1NC(=O)/C=C(/C)c1ccc2ccccc2c1. The molecule has 0 atom stereocenters. The molecule has 0 bridgehead atoms. The molecule has 1 saturated heterocycles. The first-order valence-electron chi connectivity index (χ1n) is 11.2. The molecule has 0 aromatic heterocycles. The van der Waals surface area contributed by atoms with Gasteiger partial charge >= 0.3 is 5.97 Å². The number of amides is 1. The maximum Gasteiger partial charge on any atom is 0.340 e. The number of anilines is 2. The highest BCUT2D eigenvalue weighted by molar-refractivity contribution is 6.08. The number of morpholine rings is 1. The molecule has 3 aromatic rings. The third-order valence-electron chi connectivity index (χ3n) is 5.69. The number of hydrogen-bond donors (Lipinski definition) is 1. The van der Waals surface area contributed by atoms with E-state index in [0.717, 1.165) is 40.7 Å². The number of nitrogens with zero attached hydrogens (tertiary/aromatic N) is 1. The van der Waals surface area contributed by atoms with Crippen LogP contribution in [0.25, 0.3) is 16.3 Å². The van der Waals surface area contributed by atoms with Crippen molar-refractivity contribution in [3.63, 3.8) is 0 Å². The van der Waals surface area contributed by atoms with Crippen molar-refractivity contribution in [1.82, 2.24) is 0 Å². The molecule has 0 unspecified atom stereocenters. The van der Waals surface area contributed by atoms with Crippen molar-refractivity contribution in [2.75, 3.05) is 43.1 Å². The summed E-state index contributed by atoms with van der Waals surface area (Å²) in [5, 5.41) is 5.13. The van der Waals surface area contributed by atoms with Crippen LogP contribution in [0.2, 0.25) is 0 Å². The Kier molecular flexibility index (Phi) is 7.05. The van der Waals surface area contributed by atoms with Crippen molar-refractivity contribution in [2.45, 2.75) is 13.8 Å². The molecule has 1 N–H and O–H groups in total. The van der Waals surface area contributed by atoms with Crippen LogP contribution in [0.3, 0.4) is 0 Å². The maximum atomic E-state index is 12.8. The average molecular weight is 445 g/mol. The van der Waals surface area contributed by atoms with Crippen LogP contribution in [-0.4, -0.2) is 44.8 Å². The molecule has 0 aliphatic carbocycles. The molecule has 6 heteroatoms. The van der Waals surface area contributed by atoms with Gasteiger partial charge in [0.2, 0.25) is 5.91 Å². The first kappa shape index (κ1) is 22.6. The predicted octanol–water partition coefficient (Wildman–Crippen LogP) is 4.90. The number of allylic oxidation sites excluding steroid dienone is 1. The Balaban J connectivity index is 1.56. The first-order valence-corrected chi connectivity index (χ1v) is 11.2. The Hall–Kier alpha value is -3.64. The number of fused-ring (bicyclic) bond motifs is 1. The van der Waals surface area contributed by atoms with Gasteiger partial charge in [0.1, 0.15) is 0 Å². The van der Waals surface area contributed by atoms with Gasteiger partial charge in [-0.15, -0.1) is 0 Å². The zero-order chi connectivity index (χ0) is 23.2. The molecule has 170 valence electrons. The summed E-state index contributed by atoms with van der Waals surface area (Å²) < 4.78 is 10.6. The van der Waals surface area contributed by atoms with E-state index in [-0.39, 0.29) is 12.5 Å². The van der Waals surface area contributed by atoms with Gasteiger partial charge in [0.15, 0.2) is 0 Å². The first-order chi connectivity index (χ1) is 16.0. The summed E-state index contributed by atoms with van der Waals surface area (Å²) in [4.78, 5) is 27.6. The minimum Gasteiger partial charge on any atom is -0.462 e. The lowest BCUT2D eigenvalue weighted by molar-refractivity contribution is -0.111. The van der Waals surface area contributed by atoms with Gasteiger partial charge in [0.25, 0.3) is 0 Å². The number of esters is 1. The number of ether oxygens (including phenoxy) is 2. The molecule has 0 radical (unpaired) electrons. The zero-order valence-electron chi connectivity index (χ0n) is 19.0. The quantitative estimate of drug-likeness (QED) is 0.433. The molecule has 3 aromatic carbocycles. The van der Waals surface area contributed by atoms with Crippen LogP contribution in [0, 0.1) is 0 Å². The van der Waals surface area contributed by atoms with Gasteiger partial charge in [-0.2, -0.15) is 0 Å². The summed E-state index contributed by atoms with van der Waals surface area (Å²) in [5.74, 6) is -0.761. The molecule has 1 aliphatic rings. The standard InChI is InChI=1S/C27H28N2O4/c1-3-33-27(31)24-18-23(29-12-14-32-15-13-29)10-11-25(24)28-26(30)16-19(2)21-9-8-20-6-4-5-7-22(20)17-21/h4-11,16-18H,3,12-15H2,1-2H3,(H,28,30)/b19-16-. The van der Waals surface area contributed by atoms with Gasteiger partial charge in [-0.1, -0.05) is 36.4 Å². The predicted molar refractivity (Wildman–Crippen MR) is 132 cm³/mol. The molecule has 1 fully saturated rings. The van der Waals surface area contributed by atoms with E-state index >= 15 is 0 Å². The van der Waals surface area contributed by atoms with Crippen LogP contribution in [0.4, 0.5) is 11.4 Å². The molecule has 0 saturated carbocycles. The lowest BCUT2D eigenvalue weighted by Gasteiger charge is -2.29. The van der Waals surface area contributed by atoms with E-state index in [0.29, 0.717) is 24.5 Å². The van der Waals surface area contributed by atoms with E-state index in [2.05, 4.69) is 22.3 Å². The molecule has 1 amide bonds. The van der Waals surface area contributed by atoms with Gasteiger partial charge in [-0.25, -0.2) is 4.79 Å². The van der Waals surface area contributed by atoms with E-state index in [1.165, 1.54) is 0 Å². The van der Waals surface area contributed by atoms with Crippen LogP contribution in [-0.2, 0) is 14.3 Å². The number of carbonyl (C=O) groups excluding carboxylic acids is 2. The molecule has 0 spiro atoms. The molecular weight excluding hydrogens is 416 g/mol. The highest BCUT2D eigenvalue weighted by atomic mass is 16.5. The van der Waals surface area contributed by atoms with Crippen LogP contribution in [0.1, 0.15) is 29.8 Å². The average Bonchev–Trinajstić information content (AvgIpc) is 2.84. The molecule has 4 rings (SSSR count). The van der Waals surface area contributed by atoms with Crippen molar-refractivity contribution in [3.05, 3.63) is 77.9 Å². The second kappa shape index (κ2) is 10.3. The summed E-state index contributed by atoms with van der Waals surface area (Å²) >= 11 is 0. The monoisotopic (exact) mass is 444 g/mol. The molecule has 1 aliphatic heterocycles. The fourth-order valence-corrected chi connectivity index (χ4v) is 3.92. The van der Waals surface area contributed by atoms with Crippen molar-refractivity contribution in [3.8, 4) is 0 Å². The topological polar surface area (TPSA) is 67.9 Å². The number of hydrogen-bond acceptors (Lipinski definition) is 5. The molecule has 1 heterocycles. The number of rotatable bonds is 6. The van der Waals surface area contributed by atoms with E-state index in [9.17, 15) is 9.59 Å². The number of carbonyl (C=O) groups is 2. The lowest BCUT2D eigenvalue weighted by atomic mass is 10.0. The highest BCUT2D eigenvalue weighted by Crippen LogP contribution is 2.26. The summed E-state index contributed by atoms with van der Waals surface area (Å²) in [6.45, 7) is 6.71. The Bertz CT molecular complexity index is 1200. The molecular formula is C27H28N2O4. The minimum atomic E-state index is -0.460. The number of nitrogens with one attached hydrogen (secondary N) is 1. The van der Waals surface area contributed by atoms with Gasteiger partial charge in [-0.05, 0) is 60.0 Å². The second-order valence-corrected chi connectivity index (χ2v) is 7.93. The van der Waals surface area contributed by atoms with Gasteiger partial charge in [0.05, 0.1) is 31.1 Å². The van der Waals surface area contributed by atoms with Gasteiger partial charge in [-0.3, -0.25) is 4.79 Å². The van der Waals surface area contributed by atoms with Crippen LogP contribution >= 0.6 is 0 Å². The third kappa shape index (κ3) is 5.41. The van der Waals surface area contributed by atoms with Crippen molar-refractivity contribution in [1.29, 1.82) is 0 Å². The van der Waals surface area contributed by atoms with Crippen molar-refractivity contribution in [2.24, 2.45) is 0 Å².